The van der Waals surface area contributed by atoms with Gasteiger partial charge in [-0.2, -0.15) is 0 Å². The van der Waals surface area contributed by atoms with Crippen LogP contribution < -0.4 is 5.73 Å². The zero-order valence-electron chi connectivity index (χ0n) is 11.2. The molecular weight excluding hydrogens is 262 g/mol. The molecule has 106 valence electrons. The van der Waals surface area contributed by atoms with Crippen LogP contribution in [-0.4, -0.2) is 5.16 Å². The topological polar surface area (TPSA) is 52.0 Å². The van der Waals surface area contributed by atoms with Crippen LogP contribution in [-0.2, 0) is 5.41 Å². The second-order valence-electron chi connectivity index (χ2n) is 5.70. The van der Waals surface area contributed by atoms with E-state index in [4.69, 9.17) is 10.3 Å². The minimum Gasteiger partial charge on any atom is -0.367 e. The molecule has 0 spiro atoms. The maximum absolute atomic E-state index is 13.4. The highest BCUT2D eigenvalue weighted by atomic mass is 19.1. The largest absolute Gasteiger partial charge is 0.367 e. The first-order chi connectivity index (χ1) is 9.49. The second-order valence-corrected chi connectivity index (χ2v) is 5.70. The third-order valence-electron chi connectivity index (χ3n) is 4.15. The van der Waals surface area contributed by atoms with Crippen LogP contribution in [0.1, 0.15) is 38.3 Å². The molecule has 2 aromatic rings. The molecule has 1 aliphatic rings. The second kappa shape index (κ2) is 4.58. The van der Waals surface area contributed by atoms with Crippen molar-refractivity contribution >= 4 is 5.88 Å². The van der Waals surface area contributed by atoms with Gasteiger partial charge in [-0.05, 0) is 30.5 Å². The minimum absolute atomic E-state index is 0.109. The molecule has 0 atom stereocenters. The maximum Gasteiger partial charge on any atom is 0.230 e. The molecule has 1 heterocycles. The molecule has 1 fully saturated rings. The Hall–Kier alpha value is -1.91. The molecule has 5 heteroatoms. The summed E-state index contributed by atoms with van der Waals surface area (Å²) in [6.45, 7) is 2.09. The van der Waals surface area contributed by atoms with Crippen LogP contribution in [0.3, 0.4) is 0 Å². The van der Waals surface area contributed by atoms with E-state index in [1.807, 2.05) is 0 Å². The van der Waals surface area contributed by atoms with Crippen LogP contribution in [0.5, 0.6) is 0 Å². The van der Waals surface area contributed by atoms with Crippen molar-refractivity contribution in [1.82, 2.24) is 5.16 Å². The van der Waals surface area contributed by atoms with E-state index >= 15 is 0 Å². The third kappa shape index (κ3) is 2.07. The quantitative estimate of drug-likeness (QED) is 0.902. The first-order valence-corrected chi connectivity index (χ1v) is 6.72. The van der Waals surface area contributed by atoms with Gasteiger partial charge in [-0.25, -0.2) is 8.78 Å². The lowest BCUT2D eigenvalue weighted by atomic mass is 9.81. The molecule has 0 unspecified atom stereocenters. The highest BCUT2D eigenvalue weighted by Crippen LogP contribution is 2.45. The van der Waals surface area contributed by atoms with E-state index in [1.54, 1.807) is 0 Å². The number of nitrogen functional groups attached to an aromatic ring is 1. The average molecular weight is 278 g/mol. The van der Waals surface area contributed by atoms with Gasteiger partial charge < -0.3 is 10.3 Å². The molecule has 2 N–H and O–H groups in total. The Morgan fingerprint density at radius 3 is 2.35 bits per heavy atom. The van der Waals surface area contributed by atoms with Crippen molar-refractivity contribution in [3.63, 3.8) is 0 Å². The SMILES string of the molecule is CC1(c2noc(N)c2-c2cc(F)cc(F)c2)CCCC1. The van der Waals surface area contributed by atoms with E-state index in [9.17, 15) is 8.78 Å². The predicted octanol–water partition coefficient (Wildman–Crippen LogP) is 4.03. The fraction of sp³-hybridized carbons (Fsp3) is 0.400. The van der Waals surface area contributed by atoms with Crippen LogP contribution in [0.2, 0.25) is 0 Å². The van der Waals surface area contributed by atoms with Crippen molar-refractivity contribution in [2.24, 2.45) is 0 Å². The summed E-state index contributed by atoms with van der Waals surface area (Å²) in [5.74, 6) is -1.16. The molecule has 3 rings (SSSR count). The smallest absolute Gasteiger partial charge is 0.230 e. The lowest BCUT2D eigenvalue weighted by molar-refractivity contribution is 0.386. The van der Waals surface area contributed by atoms with Crippen LogP contribution in [0.25, 0.3) is 11.1 Å². The summed E-state index contributed by atoms with van der Waals surface area (Å²) >= 11 is 0. The Labute approximate surface area is 115 Å². The highest BCUT2D eigenvalue weighted by Gasteiger charge is 2.37. The number of hydrogen-bond acceptors (Lipinski definition) is 3. The monoisotopic (exact) mass is 278 g/mol. The average Bonchev–Trinajstić information content (AvgIpc) is 2.95. The van der Waals surface area contributed by atoms with Crippen LogP contribution in [0, 0.1) is 11.6 Å². The summed E-state index contributed by atoms with van der Waals surface area (Å²) in [5, 5.41) is 4.06. The van der Waals surface area contributed by atoms with Crippen molar-refractivity contribution in [2.75, 3.05) is 5.73 Å². The normalized spacial score (nSPS) is 17.6. The zero-order valence-corrected chi connectivity index (χ0v) is 11.2. The Balaban J connectivity index is 2.16. The molecule has 0 saturated heterocycles. The van der Waals surface area contributed by atoms with Crippen LogP contribution >= 0.6 is 0 Å². The standard InChI is InChI=1S/C15H16F2N2O/c1-15(4-2-3-5-15)13-12(14(18)20-19-13)9-6-10(16)8-11(17)7-9/h6-8H,2-5,18H2,1H3. The first kappa shape index (κ1) is 13.1. The summed E-state index contributed by atoms with van der Waals surface area (Å²) in [6, 6.07) is 3.35. The molecule has 1 aliphatic carbocycles. The summed E-state index contributed by atoms with van der Waals surface area (Å²) in [7, 11) is 0. The van der Waals surface area contributed by atoms with E-state index in [0.717, 1.165) is 31.7 Å². The lowest BCUT2D eigenvalue weighted by Gasteiger charge is -2.21. The Bertz CT molecular complexity index is 625. The van der Waals surface area contributed by atoms with Gasteiger partial charge in [0.25, 0.3) is 0 Å². The minimum atomic E-state index is -0.636. The Morgan fingerprint density at radius 2 is 1.75 bits per heavy atom. The molecule has 0 aliphatic heterocycles. The maximum atomic E-state index is 13.4. The van der Waals surface area contributed by atoms with Crippen molar-refractivity contribution in [2.45, 2.75) is 38.0 Å². The zero-order chi connectivity index (χ0) is 14.3. The van der Waals surface area contributed by atoms with Gasteiger partial charge in [-0.3, -0.25) is 0 Å². The van der Waals surface area contributed by atoms with Crippen LogP contribution in [0.4, 0.5) is 14.7 Å². The summed E-state index contributed by atoms with van der Waals surface area (Å²) < 4.78 is 31.9. The number of rotatable bonds is 2. The fourth-order valence-electron chi connectivity index (χ4n) is 3.08. The molecule has 0 bridgehead atoms. The molecule has 1 saturated carbocycles. The number of nitrogens with zero attached hydrogens (tertiary/aromatic N) is 1. The van der Waals surface area contributed by atoms with E-state index in [2.05, 4.69) is 12.1 Å². The van der Waals surface area contributed by atoms with Gasteiger partial charge >= 0.3 is 0 Å². The summed E-state index contributed by atoms with van der Waals surface area (Å²) in [5.41, 5.74) is 7.29. The van der Waals surface area contributed by atoms with Gasteiger partial charge in [0.2, 0.25) is 5.88 Å². The van der Waals surface area contributed by atoms with Gasteiger partial charge in [-0.15, -0.1) is 0 Å². The van der Waals surface area contributed by atoms with Gasteiger partial charge in [0.05, 0.1) is 11.3 Å². The Kier molecular flexibility index (Phi) is 3.00. The van der Waals surface area contributed by atoms with E-state index in [1.165, 1.54) is 12.1 Å². The summed E-state index contributed by atoms with van der Waals surface area (Å²) in [6.07, 6.45) is 4.17. The predicted molar refractivity (Wildman–Crippen MR) is 72.1 cm³/mol. The Morgan fingerprint density at radius 1 is 1.15 bits per heavy atom. The van der Waals surface area contributed by atoms with E-state index in [-0.39, 0.29) is 11.3 Å². The number of aromatic nitrogens is 1. The van der Waals surface area contributed by atoms with E-state index < -0.39 is 11.6 Å². The molecule has 20 heavy (non-hydrogen) atoms. The van der Waals surface area contributed by atoms with Crippen molar-refractivity contribution in [3.05, 3.63) is 35.5 Å². The fourth-order valence-corrected chi connectivity index (χ4v) is 3.08. The van der Waals surface area contributed by atoms with Gasteiger partial charge in [0.15, 0.2) is 0 Å². The number of nitrogens with two attached hydrogens (primary N) is 1. The number of benzene rings is 1. The third-order valence-corrected chi connectivity index (χ3v) is 4.15. The van der Waals surface area contributed by atoms with Crippen molar-refractivity contribution in [3.8, 4) is 11.1 Å². The number of halogens is 2. The van der Waals surface area contributed by atoms with Crippen LogP contribution in [0.15, 0.2) is 22.7 Å². The molecular formula is C15H16F2N2O. The highest BCUT2D eigenvalue weighted by molar-refractivity contribution is 5.76. The van der Waals surface area contributed by atoms with Crippen molar-refractivity contribution in [1.29, 1.82) is 0 Å². The molecule has 0 radical (unpaired) electrons. The van der Waals surface area contributed by atoms with Gasteiger partial charge in [0.1, 0.15) is 11.6 Å². The van der Waals surface area contributed by atoms with Crippen molar-refractivity contribution < 1.29 is 13.3 Å². The molecule has 1 aromatic carbocycles. The molecule has 1 aromatic heterocycles. The summed E-state index contributed by atoms with van der Waals surface area (Å²) in [4.78, 5) is 0. The molecule has 0 amide bonds. The lowest BCUT2D eigenvalue weighted by Crippen LogP contribution is -2.18. The van der Waals surface area contributed by atoms with E-state index in [0.29, 0.717) is 16.8 Å². The van der Waals surface area contributed by atoms with Gasteiger partial charge in [-0.1, -0.05) is 24.9 Å². The molecule has 3 nitrogen and oxygen atoms in total. The van der Waals surface area contributed by atoms with Gasteiger partial charge in [0, 0.05) is 11.5 Å². The number of hydrogen-bond donors (Lipinski definition) is 1. The first-order valence-electron chi connectivity index (χ1n) is 6.72. The number of anilines is 1.